The number of hydrogen-bond donors (Lipinski definition) is 1. The van der Waals surface area contributed by atoms with Gasteiger partial charge in [0.05, 0.1) is 34.5 Å². The fourth-order valence-electron chi connectivity index (χ4n) is 9.85. The van der Waals surface area contributed by atoms with Crippen molar-refractivity contribution < 1.29 is 42.1 Å². The third kappa shape index (κ3) is 7.56. The molecule has 2 aromatic heterocycles. The second-order valence-corrected chi connectivity index (χ2v) is 16.4. The SMILES string of the molecule is C#Cc1c(F)ccc2cc(O)cc(-c3ncc4c(N5CC6CCC(C5)N6C(=O)OC(C)OC(=O)C(CCC)CCC)nc(OC[C@@]56CCCN5C[C@H](F)C6)nc4c3F)c12. The monoisotopic (exact) mass is 814 g/mol. The van der Waals surface area contributed by atoms with Crippen LogP contribution in [-0.2, 0) is 14.3 Å². The van der Waals surface area contributed by atoms with Crippen molar-refractivity contribution in [3.63, 3.8) is 0 Å². The fourth-order valence-corrected chi connectivity index (χ4v) is 9.85. The lowest BCUT2D eigenvalue weighted by Crippen LogP contribution is -2.56. The molecule has 15 heteroatoms. The summed E-state index contributed by atoms with van der Waals surface area (Å²) >= 11 is 0. The number of halogens is 3. The summed E-state index contributed by atoms with van der Waals surface area (Å²) in [5.74, 6) is 0.313. The summed E-state index contributed by atoms with van der Waals surface area (Å²) in [5.41, 5.74) is -0.905. The van der Waals surface area contributed by atoms with Crippen LogP contribution < -0.4 is 9.64 Å². The number of aromatic hydroxyl groups is 1. The summed E-state index contributed by atoms with van der Waals surface area (Å²) in [6.45, 7) is 7.37. The number of rotatable bonds is 12. The van der Waals surface area contributed by atoms with Crippen molar-refractivity contribution in [1.29, 1.82) is 0 Å². The molecule has 312 valence electrons. The van der Waals surface area contributed by atoms with E-state index in [1.807, 2.05) is 18.7 Å². The average molecular weight is 815 g/mol. The van der Waals surface area contributed by atoms with Gasteiger partial charge >= 0.3 is 18.1 Å². The Balaban J connectivity index is 1.12. The summed E-state index contributed by atoms with van der Waals surface area (Å²) in [7, 11) is 0. The Kier molecular flexibility index (Phi) is 11.2. The molecule has 3 unspecified atom stereocenters. The Morgan fingerprint density at radius 2 is 1.81 bits per heavy atom. The summed E-state index contributed by atoms with van der Waals surface area (Å²) in [5, 5.41) is 11.5. The molecule has 6 heterocycles. The lowest BCUT2D eigenvalue weighted by molar-refractivity contribution is -0.172. The molecule has 0 aliphatic carbocycles. The standard InChI is InChI=1S/C44H49F3N6O6/c1-5-9-26(10-6-2)41(55)58-25(4)59-43(56)53-29-12-13-30(53)23-51(22-29)40-34-20-48-38(33-18-31(54)17-27-11-14-35(46)32(7-3)36(27)33)37(47)39(34)49-42(50-40)57-24-44-15-8-16-52(44)21-28(45)19-44/h3,11,14,17-18,20,25-26,28-30,54H,5-6,8-10,12-13,15-16,19,21-24H2,1-2,4H3/t25?,28-,29?,30?,44+/m1/s1. The van der Waals surface area contributed by atoms with Gasteiger partial charge in [0.2, 0.25) is 6.29 Å². The molecule has 1 amide bonds. The quantitative estimate of drug-likeness (QED) is 0.0860. The highest BCUT2D eigenvalue weighted by Crippen LogP contribution is 2.43. The van der Waals surface area contributed by atoms with Crippen LogP contribution in [0.4, 0.5) is 23.8 Å². The highest BCUT2D eigenvalue weighted by Gasteiger charge is 2.50. The van der Waals surface area contributed by atoms with E-state index in [9.17, 15) is 19.1 Å². The number of anilines is 1. The van der Waals surface area contributed by atoms with Gasteiger partial charge in [0.15, 0.2) is 5.82 Å². The van der Waals surface area contributed by atoms with Gasteiger partial charge in [-0.05, 0) is 68.7 Å². The zero-order valence-corrected chi connectivity index (χ0v) is 33.6. The molecule has 4 fully saturated rings. The van der Waals surface area contributed by atoms with Gasteiger partial charge in [0, 0.05) is 50.1 Å². The predicted octanol–water partition coefficient (Wildman–Crippen LogP) is 7.66. The van der Waals surface area contributed by atoms with Gasteiger partial charge < -0.3 is 24.2 Å². The number of hydrogen-bond acceptors (Lipinski definition) is 11. The van der Waals surface area contributed by atoms with Crippen molar-refractivity contribution >= 4 is 39.6 Å². The van der Waals surface area contributed by atoms with Gasteiger partial charge in [0.1, 0.15) is 41.4 Å². The number of ether oxygens (including phenoxy) is 3. The normalized spacial score (nSPS) is 23.2. The van der Waals surface area contributed by atoms with Crippen molar-refractivity contribution in [2.24, 2.45) is 5.92 Å². The second-order valence-electron chi connectivity index (χ2n) is 16.4. The first-order valence-corrected chi connectivity index (χ1v) is 20.7. The van der Waals surface area contributed by atoms with Crippen molar-refractivity contribution in [1.82, 2.24) is 24.8 Å². The van der Waals surface area contributed by atoms with Crippen molar-refractivity contribution in [2.45, 2.75) is 109 Å². The zero-order chi connectivity index (χ0) is 41.6. The molecular formula is C44H49F3N6O6. The number of piperazine rings is 1. The van der Waals surface area contributed by atoms with Crippen LogP contribution in [-0.4, -0.2) is 105 Å². The summed E-state index contributed by atoms with van der Waals surface area (Å²) in [6.07, 6.45) is 10.9. The molecule has 4 aliphatic rings. The van der Waals surface area contributed by atoms with Gasteiger partial charge in [-0.1, -0.05) is 38.7 Å². The molecule has 12 nitrogen and oxygen atoms in total. The minimum absolute atomic E-state index is 0.0752. The van der Waals surface area contributed by atoms with E-state index in [-0.39, 0.29) is 75.4 Å². The number of phenols is 1. The number of aromatic nitrogens is 3. The van der Waals surface area contributed by atoms with Crippen LogP contribution in [0.5, 0.6) is 11.8 Å². The second kappa shape index (κ2) is 16.4. The number of carbonyl (C=O) groups excluding carboxylic acids is 2. The molecule has 0 spiro atoms. The molecule has 2 bridgehead atoms. The number of terminal acetylenes is 1. The highest BCUT2D eigenvalue weighted by atomic mass is 19.1. The van der Waals surface area contributed by atoms with Gasteiger partial charge in [-0.2, -0.15) is 9.97 Å². The molecule has 0 radical (unpaired) electrons. The maximum Gasteiger partial charge on any atom is 0.413 e. The third-order valence-corrected chi connectivity index (χ3v) is 12.5. The van der Waals surface area contributed by atoms with Crippen LogP contribution in [0.15, 0.2) is 30.5 Å². The molecule has 59 heavy (non-hydrogen) atoms. The summed E-state index contributed by atoms with van der Waals surface area (Å²) < 4.78 is 64.4. The van der Waals surface area contributed by atoms with Crippen LogP contribution in [0.2, 0.25) is 0 Å². The summed E-state index contributed by atoms with van der Waals surface area (Å²) in [6, 6.07) is 4.62. The number of fused-ring (bicyclic) bond motifs is 5. The Hall–Kier alpha value is -5.36. The Bertz CT molecular complexity index is 2300. The topological polar surface area (TPSA) is 130 Å². The Morgan fingerprint density at radius 1 is 1.07 bits per heavy atom. The highest BCUT2D eigenvalue weighted by molar-refractivity contribution is 6.03. The first kappa shape index (κ1) is 40.4. The van der Waals surface area contributed by atoms with E-state index < -0.39 is 35.7 Å². The first-order chi connectivity index (χ1) is 28.4. The lowest BCUT2D eigenvalue weighted by atomic mass is 9.95. The number of carbonyl (C=O) groups is 2. The summed E-state index contributed by atoms with van der Waals surface area (Å²) in [4.78, 5) is 46.1. The van der Waals surface area contributed by atoms with Gasteiger partial charge in [0.25, 0.3) is 0 Å². The van der Waals surface area contributed by atoms with Crippen LogP contribution in [0, 0.1) is 29.9 Å². The van der Waals surface area contributed by atoms with Crippen molar-refractivity contribution in [3.05, 3.63) is 47.7 Å². The number of pyridine rings is 1. The molecule has 0 saturated carbocycles. The molecule has 8 rings (SSSR count). The number of benzene rings is 2. The molecule has 4 aliphatic heterocycles. The lowest BCUT2D eigenvalue weighted by Gasteiger charge is -2.41. The maximum atomic E-state index is 17.1. The van der Waals surface area contributed by atoms with E-state index in [0.29, 0.717) is 62.9 Å². The number of alkyl halides is 1. The smallest absolute Gasteiger partial charge is 0.413 e. The third-order valence-electron chi connectivity index (χ3n) is 12.5. The average Bonchev–Trinajstić information content (AvgIpc) is 3.83. The zero-order valence-electron chi connectivity index (χ0n) is 33.6. The van der Waals surface area contributed by atoms with Crippen LogP contribution in [0.3, 0.4) is 0 Å². The Labute approximate surface area is 341 Å². The first-order valence-electron chi connectivity index (χ1n) is 20.7. The number of nitrogens with zero attached hydrogens (tertiary/aromatic N) is 6. The van der Waals surface area contributed by atoms with E-state index in [0.717, 1.165) is 32.2 Å². The fraction of sp³-hybridized carbons (Fsp3) is 0.523. The molecule has 1 N–H and O–H groups in total. The number of esters is 1. The van der Waals surface area contributed by atoms with Gasteiger partial charge in [-0.3, -0.25) is 19.6 Å². The van der Waals surface area contributed by atoms with Crippen LogP contribution >= 0.6 is 0 Å². The predicted molar refractivity (Wildman–Crippen MR) is 215 cm³/mol. The molecule has 2 aromatic carbocycles. The van der Waals surface area contributed by atoms with E-state index in [2.05, 4.69) is 20.8 Å². The largest absolute Gasteiger partial charge is 0.508 e. The van der Waals surface area contributed by atoms with Gasteiger partial charge in [-0.15, -0.1) is 6.42 Å². The van der Waals surface area contributed by atoms with Crippen LogP contribution in [0.25, 0.3) is 32.9 Å². The molecule has 4 aromatic rings. The van der Waals surface area contributed by atoms with Crippen LogP contribution in [0.1, 0.15) is 84.1 Å². The molecular weight excluding hydrogens is 766 g/mol. The van der Waals surface area contributed by atoms with E-state index in [1.165, 1.54) is 30.5 Å². The molecule has 4 saturated heterocycles. The van der Waals surface area contributed by atoms with E-state index in [1.54, 1.807) is 11.8 Å². The minimum Gasteiger partial charge on any atom is -0.508 e. The number of amides is 1. The Morgan fingerprint density at radius 3 is 2.53 bits per heavy atom. The number of phenolic OH excluding ortho intramolecular Hbond substituents is 1. The van der Waals surface area contributed by atoms with E-state index in [4.69, 9.17) is 25.6 Å². The van der Waals surface area contributed by atoms with E-state index >= 15 is 8.78 Å². The van der Waals surface area contributed by atoms with Gasteiger partial charge in [-0.25, -0.2) is 18.0 Å². The maximum absolute atomic E-state index is 17.1. The minimum atomic E-state index is -1.07. The van der Waals surface area contributed by atoms with Crippen molar-refractivity contribution in [3.8, 4) is 35.4 Å². The van der Waals surface area contributed by atoms with Crippen molar-refractivity contribution in [2.75, 3.05) is 37.7 Å². The molecule has 5 atom stereocenters.